The van der Waals surface area contributed by atoms with Crippen LogP contribution in [0.25, 0.3) is 0 Å². The molecule has 0 saturated carbocycles. The molecule has 3 heterocycles. The minimum atomic E-state index is 0.0311. The van der Waals surface area contributed by atoms with E-state index < -0.39 is 0 Å². The summed E-state index contributed by atoms with van der Waals surface area (Å²) >= 11 is 0. The molecule has 1 aromatic heterocycles. The van der Waals surface area contributed by atoms with Gasteiger partial charge in [-0.1, -0.05) is 12.1 Å². The maximum atomic E-state index is 12.5. The Labute approximate surface area is 165 Å². The van der Waals surface area contributed by atoms with Crippen molar-refractivity contribution >= 4 is 11.9 Å². The van der Waals surface area contributed by atoms with Crippen LogP contribution in [-0.4, -0.2) is 48.7 Å². The summed E-state index contributed by atoms with van der Waals surface area (Å²) in [7, 11) is 1.63. The van der Waals surface area contributed by atoms with Crippen LogP contribution in [0.1, 0.15) is 29.7 Å². The number of carbonyl (C=O) groups excluding carboxylic acids is 1. The smallest absolute Gasteiger partial charge is 0.225 e. The van der Waals surface area contributed by atoms with Gasteiger partial charge in [0.2, 0.25) is 11.9 Å². The summed E-state index contributed by atoms with van der Waals surface area (Å²) in [6, 6.07) is 7.74. The van der Waals surface area contributed by atoms with Crippen molar-refractivity contribution in [2.24, 2.45) is 0 Å². The van der Waals surface area contributed by atoms with Crippen molar-refractivity contribution in [1.29, 1.82) is 0 Å². The van der Waals surface area contributed by atoms with Gasteiger partial charge in [-0.05, 0) is 30.5 Å². The highest BCUT2D eigenvalue weighted by molar-refractivity contribution is 5.79. The Morgan fingerprint density at radius 3 is 3.25 bits per heavy atom. The molecule has 1 unspecified atom stereocenters. The Hall–Kier alpha value is -2.67. The SMILES string of the molecule is COc1cccc(CC(=O)NC2CCCN(c3ncc4c(n3)CCOC4)C2)c1. The summed E-state index contributed by atoms with van der Waals surface area (Å²) in [6.45, 7) is 2.96. The van der Waals surface area contributed by atoms with Crippen molar-refractivity contribution in [3.05, 3.63) is 47.3 Å². The number of methoxy groups -OCH3 is 1. The molecule has 1 fully saturated rings. The van der Waals surface area contributed by atoms with E-state index in [0.29, 0.717) is 19.6 Å². The van der Waals surface area contributed by atoms with Gasteiger partial charge in [0, 0.05) is 37.3 Å². The van der Waals surface area contributed by atoms with E-state index in [1.165, 1.54) is 0 Å². The number of ether oxygens (including phenoxy) is 2. The number of aromatic nitrogens is 2. The fourth-order valence-electron chi connectivity index (χ4n) is 3.80. The number of hydrogen-bond acceptors (Lipinski definition) is 6. The van der Waals surface area contributed by atoms with E-state index in [4.69, 9.17) is 14.5 Å². The van der Waals surface area contributed by atoms with Gasteiger partial charge in [0.15, 0.2) is 0 Å². The quantitative estimate of drug-likeness (QED) is 0.851. The van der Waals surface area contributed by atoms with Crippen molar-refractivity contribution in [2.75, 3.05) is 31.7 Å². The van der Waals surface area contributed by atoms with E-state index in [1.54, 1.807) is 7.11 Å². The van der Waals surface area contributed by atoms with Gasteiger partial charge in [-0.15, -0.1) is 0 Å². The Kier molecular flexibility index (Phi) is 5.71. The first kappa shape index (κ1) is 18.7. The van der Waals surface area contributed by atoms with Crippen molar-refractivity contribution in [1.82, 2.24) is 15.3 Å². The molecule has 1 N–H and O–H groups in total. The standard InChI is InChI=1S/C21H26N4O3/c1-27-18-6-2-4-15(10-18)11-20(26)23-17-5-3-8-25(13-17)21-22-12-16-14-28-9-7-19(16)24-21/h2,4,6,10,12,17H,3,5,7-9,11,13-14H2,1H3,(H,23,26). The molecule has 2 aliphatic heterocycles. The molecule has 2 aliphatic rings. The Balaban J connectivity index is 1.36. The van der Waals surface area contributed by atoms with Crippen LogP contribution in [0.15, 0.2) is 30.5 Å². The van der Waals surface area contributed by atoms with Gasteiger partial charge in [-0.3, -0.25) is 4.79 Å². The highest BCUT2D eigenvalue weighted by atomic mass is 16.5. The summed E-state index contributed by atoms with van der Waals surface area (Å²) < 4.78 is 10.7. The second-order valence-corrected chi connectivity index (χ2v) is 7.33. The van der Waals surface area contributed by atoms with Gasteiger partial charge < -0.3 is 19.7 Å². The average Bonchev–Trinajstić information content (AvgIpc) is 2.73. The van der Waals surface area contributed by atoms with Crippen LogP contribution in [-0.2, 0) is 29.0 Å². The van der Waals surface area contributed by atoms with Gasteiger partial charge in [-0.2, -0.15) is 0 Å². The Bertz CT molecular complexity index is 842. The van der Waals surface area contributed by atoms with Crippen molar-refractivity contribution in [3.8, 4) is 5.75 Å². The number of nitrogens with one attached hydrogen (secondary N) is 1. The monoisotopic (exact) mass is 382 g/mol. The molecule has 2 aromatic rings. The molecule has 0 spiro atoms. The summed E-state index contributed by atoms with van der Waals surface area (Å²) in [5.74, 6) is 1.56. The fraction of sp³-hybridized carbons (Fsp3) is 0.476. The van der Waals surface area contributed by atoms with Crippen LogP contribution >= 0.6 is 0 Å². The molecule has 0 bridgehead atoms. The maximum absolute atomic E-state index is 12.5. The van der Waals surface area contributed by atoms with Crippen LogP contribution < -0.4 is 15.0 Å². The molecule has 7 heteroatoms. The highest BCUT2D eigenvalue weighted by Gasteiger charge is 2.24. The zero-order valence-corrected chi connectivity index (χ0v) is 16.2. The number of amides is 1. The lowest BCUT2D eigenvalue weighted by Gasteiger charge is -2.33. The molecule has 1 aromatic carbocycles. The predicted octanol–water partition coefficient (Wildman–Crippen LogP) is 1.89. The lowest BCUT2D eigenvalue weighted by Crippen LogP contribution is -2.48. The zero-order valence-electron chi connectivity index (χ0n) is 16.2. The third-order valence-corrected chi connectivity index (χ3v) is 5.25. The number of piperidine rings is 1. The van der Waals surface area contributed by atoms with Crippen molar-refractivity contribution in [2.45, 2.75) is 38.3 Å². The molecule has 1 saturated heterocycles. The Morgan fingerprint density at radius 2 is 2.36 bits per heavy atom. The van der Waals surface area contributed by atoms with E-state index in [0.717, 1.165) is 60.9 Å². The van der Waals surface area contributed by atoms with Gasteiger partial charge in [0.05, 0.1) is 32.4 Å². The van der Waals surface area contributed by atoms with Crippen LogP contribution in [0.5, 0.6) is 5.75 Å². The van der Waals surface area contributed by atoms with E-state index in [2.05, 4.69) is 15.2 Å². The number of anilines is 1. The summed E-state index contributed by atoms with van der Waals surface area (Å²) in [6.07, 6.45) is 5.04. The number of nitrogens with zero attached hydrogens (tertiary/aromatic N) is 3. The van der Waals surface area contributed by atoms with Crippen LogP contribution in [0, 0.1) is 0 Å². The predicted molar refractivity (Wildman–Crippen MR) is 105 cm³/mol. The molecule has 7 nitrogen and oxygen atoms in total. The molecule has 148 valence electrons. The molecule has 1 amide bonds. The number of hydrogen-bond donors (Lipinski definition) is 1. The normalized spacial score (nSPS) is 19.0. The summed E-state index contributed by atoms with van der Waals surface area (Å²) in [5.41, 5.74) is 3.11. The number of fused-ring (bicyclic) bond motifs is 1. The second-order valence-electron chi connectivity index (χ2n) is 7.33. The van der Waals surface area contributed by atoms with E-state index in [1.807, 2.05) is 30.5 Å². The number of carbonyl (C=O) groups is 1. The first-order valence-corrected chi connectivity index (χ1v) is 9.81. The average molecular weight is 382 g/mol. The van der Waals surface area contributed by atoms with E-state index >= 15 is 0 Å². The molecule has 4 rings (SSSR count). The first-order valence-electron chi connectivity index (χ1n) is 9.81. The largest absolute Gasteiger partial charge is 0.497 e. The van der Waals surface area contributed by atoms with Gasteiger partial charge in [0.1, 0.15) is 5.75 Å². The Morgan fingerprint density at radius 1 is 1.43 bits per heavy atom. The minimum absolute atomic E-state index is 0.0311. The van der Waals surface area contributed by atoms with Crippen molar-refractivity contribution < 1.29 is 14.3 Å². The lowest BCUT2D eigenvalue weighted by atomic mass is 10.0. The number of benzene rings is 1. The fourth-order valence-corrected chi connectivity index (χ4v) is 3.80. The van der Waals surface area contributed by atoms with Gasteiger partial charge in [-0.25, -0.2) is 9.97 Å². The molecule has 28 heavy (non-hydrogen) atoms. The van der Waals surface area contributed by atoms with Gasteiger partial charge >= 0.3 is 0 Å². The van der Waals surface area contributed by atoms with Crippen molar-refractivity contribution in [3.63, 3.8) is 0 Å². The van der Waals surface area contributed by atoms with Crippen LogP contribution in [0.4, 0.5) is 5.95 Å². The topological polar surface area (TPSA) is 76.6 Å². The maximum Gasteiger partial charge on any atom is 0.225 e. The molecule has 1 atom stereocenters. The van der Waals surface area contributed by atoms with Crippen LogP contribution in [0.2, 0.25) is 0 Å². The summed E-state index contributed by atoms with van der Waals surface area (Å²) in [5, 5.41) is 3.17. The lowest BCUT2D eigenvalue weighted by molar-refractivity contribution is -0.121. The third-order valence-electron chi connectivity index (χ3n) is 5.25. The first-order chi connectivity index (χ1) is 13.7. The third kappa shape index (κ3) is 4.42. The minimum Gasteiger partial charge on any atom is -0.497 e. The second kappa shape index (κ2) is 8.56. The molecular formula is C21H26N4O3. The van der Waals surface area contributed by atoms with Gasteiger partial charge in [0.25, 0.3) is 0 Å². The summed E-state index contributed by atoms with van der Waals surface area (Å²) in [4.78, 5) is 23.9. The molecule has 0 radical (unpaired) electrons. The number of rotatable bonds is 5. The van der Waals surface area contributed by atoms with E-state index in [-0.39, 0.29) is 11.9 Å². The molecule has 0 aliphatic carbocycles. The zero-order chi connectivity index (χ0) is 19.3. The highest BCUT2D eigenvalue weighted by Crippen LogP contribution is 2.20. The van der Waals surface area contributed by atoms with Crippen LogP contribution in [0.3, 0.4) is 0 Å². The van der Waals surface area contributed by atoms with E-state index in [9.17, 15) is 4.79 Å². The molecular weight excluding hydrogens is 356 g/mol.